The topological polar surface area (TPSA) is 58.7 Å². The Morgan fingerprint density at radius 3 is 2.62 bits per heavy atom. The van der Waals surface area contributed by atoms with Crippen LogP contribution in [0.25, 0.3) is 0 Å². The van der Waals surface area contributed by atoms with Gasteiger partial charge in [-0.05, 0) is 32.1 Å². The molecule has 0 aromatic carbocycles. The van der Waals surface area contributed by atoms with Crippen molar-refractivity contribution in [2.24, 2.45) is 11.7 Å². The molecule has 16 heavy (non-hydrogen) atoms. The molecule has 0 amide bonds. The lowest BCUT2D eigenvalue weighted by atomic mass is 10.1. The largest absolute Gasteiger partial charge is 0.395 e. The van der Waals surface area contributed by atoms with Crippen LogP contribution in [0.4, 0.5) is 0 Å². The number of aliphatic hydroxyl groups is 1. The van der Waals surface area contributed by atoms with E-state index >= 15 is 0 Å². The van der Waals surface area contributed by atoms with Crippen LogP contribution in [-0.4, -0.2) is 55.5 Å². The van der Waals surface area contributed by atoms with Crippen LogP contribution in [0.15, 0.2) is 0 Å². The second-order valence-electron chi connectivity index (χ2n) is 4.84. The van der Waals surface area contributed by atoms with Gasteiger partial charge in [-0.3, -0.25) is 4.90 Å². The molecule has 0 aromatic rings. The highest BCUT2D eigenvalue weighted by molar-refractivity contribution is 4.85. The van der Waals surface area contributed by atoms with E-state index in [2.05, 4.69) is 11.8 Å². The predicted octanol–water partition coefficient (Wildman–Crippen LogP) is 0.443. The minimum atomic E-state index is -0.0866. The van der Waals surface area contributed by atoms with Crippen LogP contribution >= 0.6 is 0 Å². The average Bonchev–Trinajstić information content (AvgIpc) is 3.11. The van der Waals surface area contributed by atoms with Crippen LogP contribution in [0.3, 0.4) is 0 Å². The summed E-state index contributed by atoms with van der Waals surface area (Å²) in [4.78, 5) is 2.44. The van der Waals surface area contributed by atoms with Gasteiger partial charge in [0.2, 0.25) is 0 Å². The first-order valence-corrected chi connectivity index (χ1v) is 6.28. The van der Waals surface area contributed by atoms with E-state index in [9.17, 15) is 0 Å². The first-order chi connectivity index (χ1) is 7.69. The number of hydrogen-bond donors (Lipinski definition) is 2. The number of methoxy groups -OCH3 is 1. The summed E-state index contributed by atoms with van der Waals surface area (Å²) in [6.07, 6.45) is 3.57. The van der Waals surface area contributed by atoms with Crippen LogP contribution in [0.2, 0.25) is 0 Å². The van der Waals surface area contributed by atoms with E-state index in [0.717, 1.165) is 32.0 Å². The van der Waals surface area contributed by atoms with Gasteiger partial charge in [0.1, 0.15) is 0 Å². The molecule has 0 spiro atoms. The third-order valence-electron chi connectivity index (χ3n) is 3.48. The van der Waals surface area contributed by atoms with Gasteiger partial charge in [0, 0.05) is 32.3 Å². The van der Waals surface area contributed by atoms with Gasteiger partial charge in [-0.2, -0.15) is 0 Å². The molecule has 0 aromatic heterocycles. The lowest BCUT2D eigenvalue weighted by molar-refractivity contribution is 0.111. The summed E-state index contributed by atoms with van der Waals surface area (Å²) in [5.74, 6) is 0.863. The molecule has 1 aliphatic rings. The third kappa shape index (κ3) is 4.78. The molecule has 1 aliphatic carbocycles. The molecule has 4 heteroatoms. The molecule has 1 saturated carbocycles. The van der Waals surface area contributed by atoms with Crippen molar-refractivity contribution in [3.8, 4) is 0 Å². The number of aliphatic hydroxyl groups excluding tert-OH is 1. The Balaban J connectivity index is 2.30. The normalized spacial score (nSPS) is 20.1. The number of rotatable bonds is 9. The van der Waals surface area contributed by atoms with E-state index in [-0.39, 0.29) is 12.6 Å². The lowest BCUT2D eigenvalue weighted by Crippen LogP contribution is -2.40. The van der Waals surface area contributed by atoms with Crippen molar-refractivity contribution < 1.29 is 9.84 Å². The second-order valence-corrected chi connectivity index (χ2v) is 4.84. The van der Waals surface area contributed by atoms with E-state index in [1.807, 2.05) is 0 Å². The summed E-state index contributed by atoms with van der Waals surface area (Å²) in [7, 11) is 1.74. The van der Waals surface area contributed by atoms with Gasteiger partial charge in [0.15, 0.2) is 0 Å². The van der Waals surface area contributed by atoms with Crippen LogP contribution in [0, 0.1) is 5.92 Å². The molecule has 2 unspecified atom stereocenters. The Labute approximate surface area is 98.8 Å². The summed E-state index contributed by atoms with van der Waals surface area (Å²) in [6.45, 7) is 5.06. The number of nitrogens with zero attached hydrogens (tertiary/aromatic N) is 1. The van der Waals surface area contributed by atoms with Crippen molar-refractivity contribution in [1.82, 2.24) is 4.90 Å². The highest BCUT2D eigenvalue weighted by Gasteiger charge is 2.31. The summed E-state index contributed by atoms with van der Waals surface area (Å²) < 4.78 is 5.13. The van der Waals surface area contributed by atoms with Crippen molar-refractivity contribution in [2.75, 3.05) is 33.4 Å². The molecule has 1 fully saturated rings. The molecule has 2 atom stereocenters. The Kier molecular flexibility index (Phi) is 6.28. The molecular weight excluding hydrogens is 204 g/mol. The van der Waals surface area contributed by atoms with Crippen molar-refractivity contribution in [3.05, 3.63) is 0 Å². The quantitative estimate of drug-likeness (QED) is 0.603. The van der Waals surface area contributed by atoms with Crippen molar-refractivity contribution >= 4 is 0 Å². The van der Waals surface area contributed by atoms with E-state index in [1.54, 1.807) is 7.11 Å². The zero-order valence-corrected chi connectivity index (χ0v) is 10.6. The first-order valence-electron chi connectivity index (χ1n) is 6.28. The van der Waals surface area contributed by atoms with Gasteiger partial charge in [-0.1, -0.05) is 0 Å². The fraction of sp³-hybridized carbons (Fsp3) is 1.00. The summed E-state index contributed by atoms with van der Waals surface area (Å²) in [5.41, 5.74) is 5.73. The molecule has 1 rings (SSSR count). The number of hydrogen-bond acceptors (Lipinski definition) is 4. The summed E-state index contributed by atoms with van der Waals surface area (Å²) >= 11 is 0. The Morgan fingerprint density at radius 1 is 1.44 bits per heavy atom. The number of nitrogens with two attached hydrogens (primary N) is 1. The standard InChI is InChI=1S/C12H26N2O2/c1-10(11-3-4-11)14(7-8-16-2)6-5-12(13)9-15/h10-12,15H,3-9,13H2,1-2H3. The predicted molar refractivity (Wildman–Crippen MR) is 65.3 cm³/mol. The van der Waals surface area contributed by atoms with Crippen molar-refractivity contribution in [3.63, 3.8) is 0 Å². The fourth-order valence-corrected chi connectivity index (χ4v) is 2.03. The van der Waals surface area contributed by atoms with Crippen LogP contribution in [0.5, 0.6) is 0 Å². The maximum Gasteiger partial charge on any atom is 0.0589 e. The Hall–Kier alpha value is -0.160. The van der Waals surface area contributed by atoms with Gasteiger partial charge in [0.05, 0.1) is 13.2 Å². The first kappa shape index (κ1) is 13.9. The Morgan fingerprint density at radius 2 is 2.12 bits per heavy atom. The second kappa shape index (κ2) is 7.22. The van der Waals surface area contributed by atoms with Gasteiger partial charge in [-0.25, -0.2) is 0 Å². The molecule has 0 radical (unpaired) electrons. The molecule has 3 N–H and O–H groups in total. The minimum absolute atomic E-state index is 0.0793. The molecule has 0 bridgehead atoms. The maximum absolute atomic E-state index is 8.92. The van der Waals surface area contributed by atoms with E-state index in [4.69, 9.17) is 15.6 Å². The van der Waals surface area contributed by atoms with Crippen LogP contribution < -0.4 is 5.73 Å². The maximum atomic E-state index is 8.92. The molecule has 0 aliphatic heterocycles. The monoisotopic (exact) mass is 230 g/mol. The SMILES string of the molecule is COCCN(CCC(N)CO)C(C)C1CC1. The smallest absolute Gasteiger partial charge is 0.0589 e. The number of ether oxygens (including phenoxy) is 1. The Bertz CT molecular complexity index is 186. The zero-order chi connectivity index (χ0) is 12.0. The third-order valence-corrected chi connectivity index (χ3v) is 3.48. The molecule has 96 valence electrons. The van der Waals surface area contributed by atoms with E-state index < -0.39 is 0 Å². The van der Waals surface area contributed by atoms with Crippen LogP contribution in [0.1, 0.15) is 26.2 Å². The molecule has 0 saturated heterocycles. The summed E-state index contributed by atoms with van der Waals surface area (Å²) in [6, 6.07) is 0.539. The lowest BCUT2D eigenvalue weighted by Gasteiger charge is -2.29. The average molecular weight is 230 g/mol. The summed E-state index contributed by atoms with van der Waals surface area (Å²) in [5, 5.41) is 8.92. The van der Waals surface area contributed by atoms with Crippen LogP contribution in [-0.2, 0) is 4.74 Å². The minimum Gasteiger partial charge on any atom is -0.395 e. The zero-order valence-electron chi connectivity index (χ0n) is 10.6. The highest BCUT2D eigenvalue weighted by Crippen LogP contribution is 2.35. The molecule has 4 nitrogen and oxygen atoms in total. The highest BCUT2D eigenvalue weighted by atomic mass is 16.5. The van der Waals surface area contributed by atoms with Gasteiger partial charge in [-0.15, -0.1) is 0 Å². The van der Waals surface area contributed by atoms with E-state index in [1.165, 1.54) is 12.8 Å². The molecular formula is C12H26N2O2. The molecule has 0 heterocycles. The van der Waals surface area contributed by atoms with E-state index in [0.29, 0.717) is 6.04 Å². The van der Waals surface area contributed by atoms with Crippen molar-refractivity contribution in [1.29, 1.82) is 0 Å². The fourth-order valence-electron chi connectivity index (χ4n) is 2.03. The van der Waals surface area contributed by atoms with Crippen molar-refractivity contribution in [2.45, 2.75) is 38.3 Å². The van der Waals surface area contributed by atoms with Gasteiger partial charge < -0.3 is 15.6 Å². The van der Waals surface area contributed by atoms with Gasteiger partial charge in [0.25, 0.3) is 0 Å². The van der Waals surface area contributed by atoms with Gasteiger partial charge >= 0.3 is 0 Å².